The second kappa shape index (κ2) is 8.71. The summed E-state index contributed by atoms with van der Waals surface area (Å²) in [6, 6.07) is 6.36. The fourth-order valence-corrected chi connectivity index (χ4v) is 1.77. The molecule has 1 rings (SSSR count). The van der Waals surface area contributed by atoms with Crippen LogP contribution in [0, 0.1) is 5.82 Å². The normalized spacial score (nSPS) is 12.5. The van der Waals surface area contributed by atoms with Crippen LogP contribution in [-0.2, 0) is 16.1 Å². The zero-order chi connectivity index (χ0) is 15.8. The molecule has 0 aromatic heterocycles. The first-order valence-corrected chi connectivity index (χ1v) is 6.78. The zero-order valence-electron chi connectivity index (χ0n) is 12.8. The Labute approximate surface area is 124 Å². The van der Waals surface area contributed by atoms with Gasteiger partial charge in [0.1, 0.15) is 5.82 Å². The van der Waals surface area contributed by atoms with E-state index in [0.29, 0.717) is 12.1 Å². The quantitative estimate of drug-likeness (QED) is 0.768. The second-order valence-electron chi connectivity index (χ2n) is 5.25. The van der Waals surface area contributed by atoms with E-state index in [2.05, 4.69) is 0 Å². The van der Waals surface area contributed by atoms with E-state index in [-0.39, 0.29) is 31.5 Å². The number of likely N-dealkylation sites (N-methyl/N-ethyl adjacent to an activating group) is 2. The lowest BCUT2D eigenvalue weighted by Crippen LogP contribution is -2.39. The average molecular weight is 298 g/mol. The molecule has 0 saturated carbocycles. The number of carbonyl (C=O) groups is 1. The summed E-state index contributed by atoms with van der Waals surface area (Å²) in [6.07, 6.45) is -0.725. The van der Waals surface area contributed by atoms with Crippen molar-refractivity contribution >= 4 is 5.91 Å². The minimum absolute atomic E-state index is 0.0306. The number of halogens is 1. The van der Waals surface area contributed by atoms with Gasteiger partial charge in [-0.3, -0.25) is 9.69 Å². The molecule has 0 saturated heterocycles. The molecule has 0 aliphatic carbocycles. The van der Waals surface area contributed by atoms with Crippen LogP contribution in [0.3, 0.4) is 0 Å². The van der Waals surface area contributed by atoms with E-state index >= 15 is 0 Å². The maximum atomic E-state index is 13.4. The third-order valence-electron chi connectivity index (χ3n) is 2.95. The maximum absolute atomic E-state index is 13.4. The van der Waals surface area contributed by atoms with Gasteiger partial charge < -0.3 is 14.7 Å². The topological polar surface area (TPSA) is 53.0 Å². The summed E-state index contributed by atoms with van der Waals surface area (Å²) in [7, 11) is 5.12. The number of amides is 1. The highest BCUT2D eigenvalue weighted by Gasteiger charge is 2.13. The van der Waals surface area contributed by atoms with Gasteiger partial charge in [0, 0.05) is 26.2 Å². The molecule has 1 aromatic rings. The van der Waals surface area contributed by atoms with E-state index in [1.54, 1.807) is 44.2 Å². The first-order chi connectivity index (χ1) is 9.90. The van der Waals surface area contributed by atoms with Crippen molar-refractivity contribution in [1.82, 2.24) is 9.80 Å². The Morgan fingerprint density at radius 2 is 2.00 bits per heavy atom. The van der Waals surface area contributed by atoms with Gasteiger partial charge in [-0.05, 0) is 13.1 Å². The fraction of sp³-hybridized carbons (Fsp3) is 0.533. The fourth-order valence-electron chi connectivity index (χ4n) is 1.77. The first kappa shape index (κ1) is 17.6. The number of aliphatic hydroxyl groups excluding tert-OH is 1. The van der Waals surface area contributed by atoms with E-state index in [1.165, 1.54) is 11.0 Å². The molecule has 21 heavy (non-hydrogen) atoms. The summed E-state index contributed by atoms with van der Waals surface area (Å²) in [5, 5.41) is 9.83. The largest absolute Gasteiger partial charge is 0.389 e. The maximum Gasteiger partial charge on any atom is 0.236 e. The summed E-state index contributed by atoms with van der Waals surface area (Å²) in [5.74, 6) is -0.349. The zero-order valence-corrected chi connectivity index (χ0v) is 12.8. The van der Waals surface area contributed by atoms with Crippen LogP contribution in [0.1, 0.15) is 5.56 Å². The van der Waals surface area contributed by atoms with Crippen molar-refractivity contribution in [2.45, 2.75) is 12.7 Å². The molecule has 0 radical (unpaired) electrons. The molecule has 0 fully saturated rings. The summed E-state index contributed by atoms with van der Waals surface area (Å²) in [6.45, 7) is 0.757. The molecule has 0 heterocycles. The SMILES string of the molecule is CN(CC(=O)N(C)C)CC(O)COCc1ccccc1F. The highest BCUT2D eigenvalue weighted by Crippen LogP contribution is 2.07. The minimum Gasteiger partial charge on any atom is -0.389 e. The number of rotatable bonds is 8. The van der Waals surface area contributed by atoms with Crippen molar-refractivity contribution in [1.29, 1.82) is 0 Å². The van der Waals surface area contributed by atoms with Gasteiger partial charge in [0.05, 0.1) is 25.9 Å². The van der Waals surface area contributed by atoms with E-state index in [9.17, 15) is 14.3 Å². The van der Waals surface area contributed by atoms with Gasteiger partial charge >= 0.3 is 0 Å². The summed E-state index contributed by atoms with van der Waals surface area (Å²) < 4.78 is 18.7. The van der Waals surface area contributed by atoms with E-state index in [1.807, 2.05) is 0 Å². The Balaban J connectivity index is 2.26. The summed E-state index contributed by atoms with van der Waals surface area (Å²) in [4.78, 5) is 14.7. The Morgan fingerprint density at radius 1 is 1.33 bits per heavy atom. The second-order valence-corrected chi connectivity index (χ2v) is 5.25. The van der Waals surface area contributed by atoms with Crippen LogP contribution in [0.2, 0.25) is 0 Å². The van der Waals surface area contributed by atoms with Crippen molar-refractivity contribution in [3.05, 3.63) is 35.6 Å². The van der Waals surface area contributed by atoms with Crippen LogP contribution in [0.4, 0.5) is 4.39 Å². The van der Waals surface area contributed by atoms with Crippen LogP contribution in [0.25, 0.3) is 0 Å². The number of nitrogens with zero attached hydrogens (tertiary/aromatic N) is 2. The van der Waals surface area contributed by atoms with Crippen molar-refractivity contribution in [3.63, 3.8) is 0 Å². The Morgan fingerprint density at radius 3 is 2.62 bits per heavy atom. The summed E-state index contributed by atoms with van der Waals surface area (Å²) in [5.41, 5.74) is 0.459. The lowest BCUT2D eigenvalue weighted by Gasteiger charge is -2.21. The molecule has 0 aliphatic heterocycles. The average Bonchev–Trinajstić information content (AvgIpc) is 2.40. The molecule has 1 amide bonds. The molecular weight excluding hydrogens is 275 g/mol. The van der Waals surface area contributed by atoms with Crippen LogP contribution >= 0.6 is 0 Å². The number of carbonyl (C=O) groups excluding carboxylic acids is 1. The molecule has 1 N–H and O–H groups in total. The minimum atomic E-state index is -0.725. The van der Waals surface area contributed by atoms with Crippen molar-refractivity contribution in [2.24, 2.45) is 0 Å². The predicted molar refractivity (Wildman–Crippen MR) is 78.3 cm³/mol. The number of hydrogen-bond acceptors (Lipinski definition) is 4. The Bertz CT molecular complexity index is 454. The lowest BCUT2D eigenvalue weighted by molar-refractivity contribution is -0.129. The van der Waals surface area contributed by atoms with Crippen molar-refractivity contribution in [3.8, 4) is 0 Å². The standard InChI is InChI=1S/C15H23FN2O3/c1-17(2)15(20)9-18(3)8-13(19)11-21-10-12-6-4-5-7-14(12)16/h4-7,13,19H,8-11H2,1-3H3. The summed E-state index contributed by atoms with van der Waals surface area (Å²) >= 11 is 0. The third-order valence-corrected chi connectivity index (χ3v) is 2.95. The van der Waals surface area contributed by atoms with Crippen molar-refractivity contribution < 1.29 is 19.0 Å². The molecule has 1 atom stereocenters. The molecule has 1 aromatic carbocycles. The van der Waals surface area contributed by atoms with Crippen LogP contribution in [0.15, 0.2) is 24.3 Å². The smallest absolute Gasteiger partial charge is 0.236 e. The molecule has 5 nitrogen and oxygen atoms in total. The van der Waals surface area contributed by atoms with Crippen LogP contribution in [0.5, 0.6) is 0 Å². The molecule has 118 valence electrons. The first-order valence-electron chi connectivity index (χ1n) is 6.78. The molecule has 6 heteroatoms. The van der Waals surface area contributed by atoms with Crippen LogP contribution < -0.4 is 0 Å². The van der Waals surface area contributed by atoms with E-state index in [4.69, 9.17) is 4.74 Å². The highest BCUT2D eigenvalue weighted by molar-refractivity contribution is 5.77. The van der Waals surface area contributed by atoms with Gasteiger partial charge in [-0.1, -0.05) is 18.2 Å². The van der Waals surface area contributed by atoms with Crippen LogP contribution in [-0.4, -0.2) is 67.8 Å². The molecular formula is C15H23FN2O3. The van der Waals surface area contributed by atoms with Gasteiger partial charge in [-0.25, -0.2) is 4.39 Å². The van der Waals surface area contributed by atoms with Gasteiger partial charge in [0.25, 0.3) is 0 Å². The van der Waals surface area contributed by atoms with E-state index < -0.39 is 6.10 Å². The monoisotopic (exact) mass is 298 g/mol. The van der Waals surface area contributed by atoms with E-state index in [0.717, 1.165) is 0 Å². The molecule has 0 aliphatic rings. The lowest BCUT2D eigenvalue weighted by atomic mass is 10.2. The van der Waals surface area contributed by atoms with Gasteiger partial charge in [0.2, 0.25) is 5.91 Å². The van der Waals surface area contributed by atoms with Gasteiger partial charge in [0.15, 0.2) is 0 Å². The van der Waals surface area contributed by atoms with Gasteiger partial charge in [-0.2, -0.15) is 0 Å². The molecule has 0 spiro atoms. The predicted octanol–water partition coefficient (Wildman–Crippen LogP) is 0.723. The Hall–Kier alpha value is -1.50. The number of hydrogen-bond donors (Lipinski definition) is 1. The van der Waals surface area contributed by atoms with Crippen molar-refractivity contribution in [2.75, 3.05) is 40.8 Å². The van der Waals surface area contributed by atoms with Gasteiger partial charge in [-0.15, -0.1) is 0 Å². The number of aliphatic hydroxyl groups is 1. The molecule has 1 unspecified atom stereocenters. The highest BCUT2D eigenvalue weighted by atomic mass is 19.1. The number of ether oxygens (including phenoxy) is 1. The number of benzene rings is 1. The third kappa shape index (κ3) is 6.66. The molecule has 0 bridgehead atoms. The Kier molecular flexibility index (Phi) is 7.28.